The summed E-state index contributed by atoms with van der Waals surface area (Å²) in [6, 6.07) is 19.7. The zero-order valence-electron chi connectivity index (χ0n) is 20.7. The summed E-state index contributed by atoms with van der Waals surface area (Å²) in [5.41, 5.74) is 3.78. The van der Waals surface area contributed by atoms with E-state index in [1.54, 1.807) is 31.4 Å². The van der Waals surface area contributed by atoms with Crippen LogP contribution in [0.3, 0.4) is 0 Å². The first-order valence-electron chi connectivity index (χ1n) is 11.3. The Kier molecular flexibility index (Phi) is 8.40. The van der Waals surface area contributed by atoms with Crippen LogP contribution in [0.1, 0.15) is 34.0 Å². The van der Waals surface area contributed by atoms with E-state index in [0.29, 0.717) is 23.6 Å². The number of rotatable bonds is 10. The van der Waals surface area contributed by atoms with Gasteiger partial charge in [-0.2, -0.15) is 0 Å². The van der Waals surface area contributed by atoms with Crippen molar-refractivity contribution in [1.29, 1.82) is 0 Å². The number of aryl methyl sites for hydroxylation is 2. The monoisotopic (exact) mass is 496 g/mol. The van der Waals surface area contributed by atoms with Gasteiger partial charge < -0.3 is 14.8 Å². The molecule has 7 nitrogen and oxygen atoms in total. The molecular weight excluding hydrogens is 464 g/mol. The lowest BCUT2D eigenvalue weighted by atomic mass is 10.1. The number of sulfonamides is 1. The lowest BCUT2D eigenvalue weighted by Gasteiger charge is -2.25. The molecule has 0 fully saturated rings. The highest BCUT2D eigenvalue weighted by molar-refractivity contribution is 7.92. The summed E-state index contributed by atoms with van der Waals surface area (Å²) >= 11 is 0. The maximum absolute atomic E-state index is 12.7. The van der Waals surface area contributed by atoms with Gasteiger partial charge in [0, 0.05) is 5.56 Å². The third-order valence-electron chi connectivity index (χ3n) is 5.51. The highest BCUT2D eigenvalue weighted by Crippen LogP contribution is 2.26. The van der Waals surface area contributed by atoms with Crippen LogP contribution >= 0.6 is 0 Å². The SMILES string of the molecule is COc1ccc(OC[C@@H](C)NC(=O)c2ccc(CN(c3cc(C)ccc3C)S(C)(=O)=O)cc2)cc1. The maximum Gasteiger partial charge on any atom is 0.251 e. The summed E-state index contributed by atoms with van der Waals surface area (Å²) in [6.07, 6.45) is 1.20. The molecule has 1 amide bonds. The van der Waals surface area contributed by atoms with Gasteiger partial charge in [0.2, 0.25) is 10.0 Å². The fourth-order valence-corrected chi connectivity index (χ4v) is 4.48. The fraction of sp³-hybridized carbons (Fsp3) is 0.296. The molecule has 0 bridgehead atoms. The van der Waals surface area contributed by atoms with Gasteiger partial charge in [-0.25, -0.2) is 8.42 Å². The smallest absolute Gasteiger partial charge is 0.251 e. The van der Waals surface area contributed by atoms with E-state index in [1.807, 2.05) is 63.2 Å². The molecule has 35 heavy (non-hydrogen) atoms. The van der Waals surface area contributed by atoms with E-state index in [1.165, 1.54) is 10.6 Å². The van der Waals surface area contributed by atoms with Crippen molar-refractivity contribution in [3.05, 3.63) is 89.0 Å². The van der Waals surface area contributed by atoms with Crippen LogP contribution in [0.2, 0.25) is 0 Å². The number of carbonyl (C=O) groups is 1. The molecule has 0 saturated heterocycles. The number of carbonyl (C=O) groups excluding carboxylic acids is 1. The molecule has 0 aliphatic carbocycles. The predicted molar refractivity (Wildman–Crippen MR) is 139 cm³/mol. The molecule has 3 rings (SSSR count). The minimum atomic E-state index is -3.50. The molecule has 0 aliphatic heterocycles. The van der Waals surface area contributed by atoms with Gasteiger partial charge in [-0.1, -0.05) is 24.3 Å². The lowest BCUT2D eigenvalue weighted by Crippen LogP contribution is -2.36. The van der Waals surface area contributed by atoms with E-state index in [0.717, 1.165) is 22.4 Å². The van der Waals surface area contributed by atoms with E-state index in [2.05, 4.69) is 5.32 Å². The molecular formula is C27H32N2O5S. The third-order valence-corrected chi connectivity index (χ3v) is 6.64. The van der Waals surface area contributed by atoms with E-state index in [9.17, 15) is 13.2 Å². The number of hydrogen-bond acceptors (Lipinski definition) is 5. The number of methoxy groups -OCH3 is 1. The first-order chi connectivity index (χ1) is 16.6. The minimum Gasteiger partial charge on any atom is -0.497 e. The van der Waals surface area contributed by atoms with Gasteiger partial charge in [-0.15, -0.1) is 0 Å². The van der Waals surface area contributed by atoms with Crippen molar-refractivity contribution in [3.8, 4) is 11.5 Å². The van der Waals surface area contributed by atoms with E-state index < -0.39 is 10.0 Å². The Balaban J connectivity index is 1.62. The molecule has 1 atom stereocenters. The molecule has 1 N–H and O–H groups in total. The zero-order valence-corrected chi connectivity index (χ0v) is 21.6. The number of amides is 1. The standard InChI is InChI=1S/C27H32N2O5S/c1-19-6-7-20(2)26(16-19)29(35(5,31)32)17-22-8-10-23(11-9-22)27(30)28-21(3)18-34-25-14-12-24(33-4)13-15-25/h6-16,21H,17-18H2,1-5H3,(H,28,30)/t21-/m1/s1. The molecule has 186 valence electrons. The second-order valence-electron chi connectivity index (χ2n) is 8.62. The predicted octanol–water partition coefficient (Wildman–Crippen LogP) is 4.48. The Bertz CT molecular complexity index is 1260. The van der Waals surface area contributed by atoms with Crippen molar-refractivity contribution < 1.29 is 22.7 Å². The summed E-state index contributed by atoms with van der Waals surface area (Å²) in [5, 5.41) is 2.92. The van der Waals surface area contributed by atoms with Crippen LogP contribution in [0, 0.1) is 13.8 Å². The van der Waals surface area contributed by atoms with Gasteiger partial charge in [0.1, 0.15) is 18.1 Å². The number of ether oxygens (including phenoxy) is 2. The van der Waals surface area contributed by atoms with Crippen molar-refractivity contribution in [2.45, 2.75) is 33.4 Å². The molecule has 0 radical (unpaired) electrons. The van der Waals surface area contributed by atoms with Gasteiger partial charge in [-0.05, 0) is 79.9 Å². The van der Waals surface area contributed by atoms with Crippen LogP contribution in [-0.2, 0) is 16.6 Å². The second-order valence-corrected chi connectivity index (χ2v) is 10.5. The Labute approximate surface area is 207 Å². The van der Waals surface area contributed by atoms with E-state index in [-0.39, 0.29) is 18.5 Å². The Morgan fingerprint density at radius 2 is 1.60 bits per heavy atom. The number of nitrogens with one attached hydrogen (secondary N) is 1. The molecule has 0 heterocycles. The summed E-state index contributed by atoms with van der Waals surface area (Å²) in [6.45, 7) is 6.18. The summed E-state index contributed by atoms with van der Waals surface area (Å²) < 4.78 is 37.3. The number of benzene rings is 3. The molecule has 3 aromatic rings. The molecule has 0 aromatic heterocycles. The van der Waals surface area contributed by atoms with Crippen LogP contribution in [0.25, 0.3) is 0 Å². The lowest BCUT2D eigenvalue weighted by molar-refractivity contribution is 0.0926. The van der Waals surface area contributed by atoms with Crippen molar-refractivity contribution in [2.24, 2.45) is 0 Å². The van der Waals surface area contributed by atoms with Crippen molar-refractivity contribution >= 4 is 21.6 Å². The van der Waals surface area contributed by atoms with Crippen molar-refractivity contribution in [3.63, 3.8) is 0 Å². The Morgan fingerprint density at radius 3 is 2.20 bits per heavy atom. The van der Waals surface area contributed by atoms with E-state index >= 15 is 0 Å². The van der Waals surface area contributed by atoms with Crippen LogP contribution in [0.4, 0.5) is 5.69 Å². The molecule has 0 unspecified atom stereocenters. The normalized spacial score (nSPS) is 12.0. The minimum absolute atomic E-state index is 0.178. The average molecular weight is 497 g/mol. The van der Waals surface area contributed by atoms with Crippen LogP contribution < -0.4 is 19.1 Å². The first-order valence-corrected chi connectivity index (χ1v) is 13.1. The molecule has 3 aromatic carbocycles. The van der Waals surface area contributed by atoms with Crippen LogP contribution in [0.15, 0.2) is 66.7 Å². The molecule has 8 heteroatoms. The van der Waals surface area contributed by atoms with E-state index in [4.69, 9.17) is 9.47 Å². The van der Waals surface area contributed by atoms with Crippen LogP contribution in [0.5, 0.6) is 11.5 Å². The van der Waals surface area contributed by atoms with Crippen molar-refractivity contribution in [2.75, 3.05) is 24.3 Å². The summed E-state index contributed by atoms with van der Waals surface area (Å²) in [4.78, 5) is 12.7. The highest BCUT2D eigenvalue weighted by atomic mass is 32.2. The second kappa shape index (κ2) is 11.3. The quantitative estimate of drug-likeness (QED) is 0.448. The van der Waals surface area contributed by atoms with Gasteiger partial charge in [-0.3, -0.25) is 9.10 Å². The highest BCUT2D eigenvalue weighted by Gasteiger charge is 2.20. The van der Waals surface area contributed by atoms with Gasteiger partial charge in [0.25, 0.3) is 5.91 Å². The third kappa shape index (κ3) is 7.23. The topological polar surface area (TPSA) is 84.9 Å². The average Bonchev–Trinajstić information content (AvgIpc) is 2.83. The number of nitrogens with zero attached hydrogens (tertiary/aromatic N) is 1. The summed E-state index contributed by atoms with van der Waals surface area (Å²) in [7, 11) is -1.89. The largest absolute Gasteiger partial charge is 0.497 e. The molecule has 0 saturated carbocycles. The first kappa shape index (κ1) is 26.1. The number of hydrogen-bond donors (Lipinski definition) is 1. The molecule has 0 aliphatic rings. The Hall–Kier alpha value is -3.52. The van der Waals surface area contributed by atoms with Gasteiger partial charge >= 0.3 is 0 Å². The Morgan fingerprint density at radius 1 is 0.971 bits per heavy atom. The van der Waals surface area contributed by atoms with Gasteiger partial charge in [0.15, 0.2) is 0 Å². The maximum atomic E-state index is 12.7. The van der Waals surface area contributed by atoms with Gasteiger partial charge in [0.05, 0.1) is 31.6 Å². The fourth-order valence-electron chi connectivity index (χ4n) is 3.54. The van der Waals surface area contributed by atoms with Crippen LogP contribution in [-0.4, -0.2) is 40.3 Å². The molecule has 0 spiro atoms. The van der Waals surface area contributed by atoms with Crippen molar-refractivity contribution in [1.82, 2.24) is 5.32 Å². The zero-order chi connectivity index (χ0) is 25.6. The summed E-state index contributed by atoms with van der Waals surface area (Å²) in [5.74, 6) is 1.21. The number of anilines is 1.